The van der Waals surface area contributed by atoms with Gasteiger partial charge in [-0.1, -0.05) is 29.3 Å². The first-order chi connectivity index (χ1) is 15.0. The number of likely N-dealkylation sites (tertiary alicyclic amines) is 1. The highest BCUT2D eigenvalue weighted by Gasteiger charge is 2.26. The van der Waals surface area contributed by atoms with Crippen LogP contribution in [0.15, 0.2) is 27.9 Å². The van der Waals surface area contributed by atoms with Crippen molar-refractivity contribution in [2.75, 3.05) is 18.8 Å². The molecule has 0 saturated carbocycles. The van der Waals surface area contributed by atoms with Crippen molar-refractivity contribution in [2.45, 2.75) is 25.8 Å². The Kier molecular flexibility index (Phi) is 6.18. The molecule has 1 aliphatic heterocycles. The summed E-state index contributed by atoms with van der Waals surface area (Å²) in [6, 6.07) is 4.23. The molecule has 2 aromatic heterocycles. The first-order valence-electron chi connectivity index (χ1n) is 9.57. The Morgan fingerprint density at radius 2 is 2.13 bits per heavy atom. The van der Waals surface area contributed by atoms with Crippen LogP contribution in [-0.2, 0) is 6.54 Å². The van der Waals surface area contributed by atoms with Gasteiger partial charge in [-0.25, -0.2) is 14.4 Å². The first-order valence-corrected chi connectivity index (χ1v) is 9.95. The molecule has 11 nitrogen and oxygen atoms in total. The van der Waals surface area contributed by atoms with E-state index in [2.05, 4.69) is 40.7 Å². The highest BCUT2D eigenvalue weighted by Crippen LogP contribution is 2.19. The zero-order chi connectivity index (χ0) is 21.8. The van der Waals surface area contributed by atoms with Gasteiger partial charge in [-0.15, -0.1) is 5.10 Å². The molecule has 13 heteroatoms. The fraction of sp³-hybridized carbons (Fsp3) is 0.333. The molecule has 0 spiro atoms. The van der Waals surface area contributed by atoms with E-state index in [1.807, 2.05) is 0 Å². The summed E-state index contributed by atoms with van der Waals surface area (Å²) in [6.45, 7) is 2.20. The number of hydrogen-bond acceptors (Lipinski definition) is 9. The zero-order valence-electron chi connectivity index (χ0n) is 16.3. The minimum absolute atomic E-state index is 0.0312. The van der Waals surface area contributed by atoms with Gasteiger partial charge in [0.25, 0.3) is 5.91 Å². The van der Waals surface area contributed by atoms with Gasteiger partial charge in [0, 0.05) is 12.1 Å². The molecule has 1 aliphatic rings. The molecule has 3 N–H and O–H groups in total. The summed E-state index contributed by atoms with van der Waals surface area (Å²) < 4.78 is 19.7. The monoisotopic (exact) mass is 447 g/mol. The lowest BCUT2D eigenvalue weighted by Gasteiger charge is -2.25. The lowest BCUT2D eigenvalue weighted by molar-refractivity contribution is 0.0944. The van der Waals surface area contributed by atoms with Crippen molar-refractivity contribution in [3.63, 3.8) is 0 Å². The summed E-state index contributed by atoms with van der Waals surface area (Å²) in [6.07, 6.45) is 4.44. The quantitative estimate of drug-likeness (QED) is 0.430. The minimum atomic E-state index is -0.636. The smallest absolute Gasteiger partial charge is 0.292 e. The molecule has 4 rings (SSSR count). The van der Waals surface area contributed by atoms with E-state index >= 15 is 0 Å². The average molecular weight is 448 g/mol. The van der Waals surface area contributed by atoms with Crippen molar-refractivity contribution in [3.05, 3.63) is 46.0 Å². The molecule has 162 valence electrons. The number of benzene rings is 1. The van der Waals surface area contributed by atoms with Crippen molar-refractivity contribution < 1.29 is 13.8 Å². The third kappa shape index (κ3) is 4.54. The summed E-state index contributed by atoms with van der Waals surface area (Å²) >= 11 is 5.98. The number of carbonyl (C=O) groups excluding carboxylic acids is 1. The number of nitrogens with one attached hydrogen (secondary N) is 1. The SMILES string of the molecule is Nc1nonc1-n1nnc(CN2CCCCC2)c1C(=O)N/N=C/c1c(F)cccc1Cl. The zero-order valence-corrected chi connectivity index (χ0v) is 17.1. The molecule has 0 bridgehead atoms. The topological polar surface area (TPSA) is 140 Å². The minimum Gasteiger partial charge on any atom is -0.378 e. The molecule has 1 fully saturated rings. The molecule has 0 atom stereocenters. The third-order valence-electron chi connectivity index (χ3n) is 4.83. The van der Waals surface area contributed by atoms with Gasteiger partial charge in [0.2, 0.25) is 11.6 Å². The first kappa shape index (κ1) is 20.9. The Morgan fingerprint density at radius 3 is 2.84 bits per heavy atom. The number of nitrogen functional groups attached to an aromatic ring is 1. The Morgan fingerprint density at radius 1 is 1.32 bits per heavy atom. The van der Waals surface area contributed by atoms with Crippen LogP contribution < -0.4 is 11.2 Å². The van der Waals surface area contributed by atoms with Gasteiger partial charge in [-0.05, 0) is 48.4 Å². The number of amides is 1. The molecule has 0 aliphatic carbocycles. The molecule has 3 heterocycles. The summed E-state index contributed by atoms with van der Waals surface area (Å²) in [7, 11) is 0. The standard InChI is InChI=1S/C18H19ClFN9O2/c19-12-5-4-6-13(20)11(12)9-22-24-18(30)15-14(10-28-7-2-1-3-8-28)23-27-29(15)17-16(21)25-31-26-17/h4-6,9H,1-3,7-8,10H2,(H2,21,25)(H,24,30)/b22-9+. The summed E-state index contributed by atoms with van der Waals surface area (Å²) in [5, 5.41) is 19.3. The van der Waals surface area contributed by atoms with E-state index in [1.54, 1.807) is 0 Å². The van der Waals surface area contributed by atoms with E-state index in [0.717, 1.165) is 36.8 Å². The van der Waals surface area contributed by atoms with Crippen molar-refractivity contribution in [3.8, 4) is 5.82 Å². The van der Waals surface area contributed by atoms with Gasteiger partial charge >= 0.3 is 0 Å². The fourth-order valence-electron chi connectivity index (χ4n) is 3.30. The number of carbonyl (C=O) groups is 1. The number of nitrogens with zero attached hydrogens (tertiary/aromatic N) is 7. The maximum Gasteiger partial charge on any atom is 0.292 e. The van der Waals surface area contributed by atoms with Crippen molar-refractivity contribution in [2.24, 2.45) is 5.10 Å². The summed E-state index contributed by atoms with van der Waals surface area (Å²) in [5.74, 6) is -1.22. The van der Waals surface area contributed by atoms with Crippen LogP contribution in [0.2, 0.25) is 5.02 Å². The van der Waals surface area contributed by atoms with Gasteiger partial charge in [-0.2, -0.15) is 9.78 Å². The average Bonchev–Trinajstić information content (AvgIpc) is 3.36. The van der Waals surface area contributed by atoms with Crippen LogP contribution in [0.5, 0.6) is 0 Å². The van der Waals surface area contributed by atoms with Crippen LogP contribution in [0.1, 0.15) is 41.0 Å². The van der Waals surface area contributed by atoms with Crippen LogP contribution >= 0.6 is 11.6 Å². The van der Waals surface area contributed by atoms with Crippen LogP contribution in [0.3, 0.4) is 0 Å². The molecule has 3 aromatic rings. The van der Waals surface area contributed by atoms with E-state index < -0.39 is 11.7 Å². The molecule has 1 amide bonds. The predicted molar refractivity (Wildman–Crippen MR) is 109 cm³/mol. The van der Waals surface area contributed by atoms with Crippen LogP contribution in [0.25, 0.3) is 5.82 Å². The number of rotatable bonds is 6. The molecule has 1 aromatic carbocycles. The maximum absolute atomic E-state index is 13.9. The second kappa shape index (κ2) is 9.18. The number of hydrogen-bond donors (Lipinski definition) is 2. The van der Waals surface area contributed by atoms with Crippen molar-refractivity contribution >= 4 is 29.5 Å². The molecule has 1 saturated heterocycles. The maximum atomic E-state index is 13.9. The van der Waals surface area contributed by atoms with E-state index in [0.29, 0.717) is 12.2 Å². The number of piperidine rings is 1. The molecule has 31 heavy (non-hydrogen) atoms. The number of hydrazone groups is 1. The highest BCUT2D eigenvalue weighted by molar-refractivity contribution is 6.33. The molecule has 0 unspecified atom stereocenters. The lowest BCUT2D eigenvalue weighted by atomic mass is 10.1. The second-order valence-electron chi connectivity index (χ2n) is 6.94. The van der Waals surface area contributed by atoms with Gasteiger partial charge in [0.1, 0.15) is 11.5 Å². The number of halogens is 2. The second-order valence-corrected chi connectivity index (χ2v) is 7.35. The van der Waals surface area contributed by atoms with E-state index in [1.165, 1.54) is 24.6 Å². The Hall–Kier alpha value is -3.38. The third-order valence-corrected chi connectivity index (χ3v) is 5.16. The largest absolute Gasteiger partial charge is 0.378 e. The highest BCUT2D eigenvalue weighted by atomic mass is 35.5. The number of aromatic nitrogens is 5. The fourth-order valence-corrected chi connectivity index (χ4v) is 3.52. The van der Waals surface area contributed by atoms with Crippen molar-refractivity contribution in [1.82, 2.24) is 35.6 Å². The van der Waals surface area contributed by atoms with Crippen LogP contribution in [0.4, 0.5) is 10.2 Å². The van der Waals surface area contributed by atoms with Gasteiger partial charge < -0.3 is 5.73 Å². The Labute approximate surface area is 181 Å². The van der Waals surface area contributed by atoms with Gasteiger partial charge in [-0.3, -0.25) is 9.69 Å². The van der Waals surface area contributed by atoms with Crippen molar-refractivity contribution in [1.29, 1.82) is 0 Å². The summed E-state index contributed by atoms with van der Waals surface area (Å²) in [4.78, 5) is 15.1. The lowest BCUT2D eigenvalue weighted by Crippen LogP contribution is -2.31. The number of anilines is 1. The van der Waals surface area contributed by atoms with E-state index in [4.69, 9.17) is 17.3 Å². The molecular weight excluding hydrogens is 429 g/mol. The van der Waals surface area contributed by atoms with E-state index in [-0.39, 0.29) is 27.9 Å². The van der Waals surface area contributed by atoms with Crippen LogP contribution in [-0.4, -0.2) is 55.4 Å². The van der Waals surface area contributed by atoms with Gasteiger partial charge in [0.15, 0.2) is 5.69 Å². The number of nitrogens with two attached hydrogens (primary N) is 1. The summed E-state index contributed by atoms with van der Waals surface area (Å²) in [5.41, 5.74) is 8.66. The predicted octanol–water partition coefficient (Wildman–Crippen LogP) is 1.77. The normalized spacial score (nSPS) is 14.9. The Bertz CT molecular complexity index is 1090. The Balaban J connectivity index is 1.61. The molecule has 0 radical (unpaired) electrons. The van der Waals surface area contributed by atoms with Gasteiger partial charge in [0.05, 0.1) is 11.2 Å². The van der Waals surface area contributed by atoms with Crippen LogP contribution in [0, 0.1) is 5.82 Å². The molecular formula is C18H19ClFN9O2. The van der Waals surface area contributed by atoms with E-state index in [9.17, 15) is 9.18 Å².